The average molecular weight is 581 g/mol. The zero-order valence-electron chi connectivity index (χ0n) is 24.9. The second-order valence-corrected chi connectivity index (χ2v) is 12.0. The number of carbonyl (C=O) groups is 2. The molecule has 0 unspecified atom stereocenters. The number of hydrogen-bond donors (Lipinski definition) is 3. The van der Waals surface area contributed by atoms with Crippen molar-refractivity contribution in [1.82, 2.24) is 15.1 Å². The van der Waals surface area contributed by atoms with Crippen LogP contribution in [0.4, 0.5) is 10.5 Å². The lowest BCUT2D eigenvalue weighted by atomic mass is 9.96. The molecule has 42 heavy (non-hydrogen) atoms. The smallest absolute Gasteiger partial charge is 0.319 e. The first kappa shape index (κ1) is 30.0. The van der Waals surface area contributed by atoms with Crippen LogP contribution in [-0.4, -0.2) is 78.6 Å². The molecular formula is C32H44N4O6. The quantitative estimate of drug-likeness (QED) is 0.430. The standard InChI is InChI=1S/C32H44N4O6/c1-21-16-36(22(2)19-37)31(38)15-24-14-26(34-32(39)33-25-7-5-4-6-8-25)10-12-27(24)42-30(21)18-35(3)17-23-9-11-28-29(13-23)41-20-40-28/h9-14,21-22,25,30,37H,4-8,15-20H2,1-3H3,(H2,33,34,39)/t21-,22+,30+/m1/s1. The molecule has 3 aliphatic rings. The summed E-state index contributed by atoms with van der Waals surface area (Å²) < 4.78 is 17.6. The van der Waals surface area contributed by atoms with Gasteiger partial charge in [0.2, 0.25) is 12.7 Å². The van der Waals surface area contributed by atoms with E-state index in [1.165, 1.54) is 6.42 Å². The number of anilines is 1. The maximum atomic E-state index is 13.5. The van der Waals surface area contributed by atoms with Crippen LogP contribution in [0.2, 0.25) is 0 Å². The molecule has 1 fully saturated rings. The van der Waals surface area contributed by atoms with Crippen LogP contribution in [0.3, 0.4) is 0 Å². The van der Waals surface area contributed by atoms with Crippen LogP contribution < -0.4 is 24.8 Å². The highest BCUT2D eigenvalue weighted by molar-refractivity contribution is 5.90. The van der Waals surface area contributed by atoms with Crippen LogP contribution in [0, 0.1) is 5.92 Å². The Balaban J connectivity index is 1.33. The number of aliphatic hydroxyl groups is 1. The number of benzene rings is 2. The Bertz CT molecular complexity index is 1250. The summed E-state index contributed by atoms with van der Waals surface area (Å²) in [6.45, 7) is 5.83. The van der Waals surface area contributed by atoms with Gasteiger partial charge in [-0.1, -0.05) is 32.3 Å². The highest BCUT2D eigenvalue weighted by Crippen LogP contribution is 2.33. The van der Waals surface area contributed by atoms with Gasteiger partial charge in [0.05, 0.1) is 19.1 Å². The molecule has 0 radical (unpaired) electrons. The van der Waals surface area contributed by atoms with E-state index < -0.39 is 0 Å². The van der Waals surface area contributed by atoms with Crippen LogP contribution in [0.25, 0.3) is 0 Å². The van der Waals surface area contributed by atoms with E-state index in [2.05, 4.69) is 22.5 Å². The number of nitrogens with zero attached hydrogens (tertiary/aromatic N) is 2. The highest BCUT2D eigenvalue weighted by Gasteiger charge is 2.31. The summed E-state index contributed by atoms with van der Waals surface area (Å²) in [7, 11) is 2.05. The van der Waals surface area contributed by atoms with Crippen molar-refractivity contribution < 1.29 is 28.9 Å². The van der Waals surface area contributed by atoms with E-state index in [0.717, 1.165) is 42.7 Å². The molecule has 0 aromatic heterocycles. The van der Waals surface area contributed by atoms with E-state index in [9.17, 15) is 14.7 Å². The van der Waals surface area contributed by atoms with Crippen molar-refractivity contribution in [3.05, 3.63) is 47.5 Å². The molecular weight excluding hydrogens is 536 g/mol. The van der Waals surface area contributed by atoms with Crippen LogP contribution in [0.15, 0.2) is 36.4 Å². The van der Waals surface area contributed by atoms with Crippen molar-refractivity contribution >= 4 is 17.6 Å². The van der Waals surface area contributed by atoms with Gasteiger partial charge in [-0.15, -0.1) is 0 Å². The average Bonchev–Trinajstić information content (AvgIpc) is 3.45. The molecule has 2 heterocycles. The van der Waals surface area contributed by atoms with Crippen LogP contribution in [-0.2, 0) is 17.8 Å². The summed E-state index contributed by atoms with van der Waals surface area (Å²) in [4.78, 5) is 30.2. The van der Waals surface area contributed by atoms with Gasteiger partial charge in [0, 0.05) is 42.8 Å². The minimum atomic E-state index is -0.323. The lowest BCUT2D eigenvalue weighted by Crippen LogP contribution is -2.47. The Labute approximate surface area is 248 Å². The molecule has 0 bridgehead atoms. The maximum absolute atomic E-state index is 13.5. The molecule has 0 saturated heterocycles. The number of ether oxygens (including phenoxy) is 3. The predicted octanol–water partition coefficient (Wildman–Crippen LogP) is 4.15. The molecule has 10 heteroatoms. The van der Waals surface area contributed by atoms with Gasteiger partial charge >= 0.3 is 6.03 Å². The van der Waals surface area contributed by atoms with Gasteiger partial charge in [0.25, 0.3) is 0 Å². The summed E-state index contributed by atoms with van der Waals surface area (Å²) in [5.74, 6) is 2.06. The van der Waals surface area contributed by atoms with E-state index in [1.807, 2.05) is 50.4 Å². The number of aliphatic hydroxyl groups excluding tert-OH is 1. The monoisotopic (exact) mass is 580 g/mol. The Hall–Kier alpha value is -3.50. The molecule has 1 saturated carbocycles. The van der Waals surface area contributed by atoms with E-state index in [1.54, 1.807) is 4.90 Å². The Kier molecular flexibility index (Phi) is 9.74. The number of urea groups is 1. The van der Waals surface area contributed by atoms with Gasteiger partial charge < -0.3 is 34.9 Å². The second-order valence-electron chi connectivity index (χ2n) is 12.0. The lowest BCUT2D eigenvalue weighted by molar-refractivity contribution is -0.134. The summed E-state index contributed by atoms with van der Waals surface area (Å²) in [6.07, 6.45) is 5.39. The normalized spacial score (nSPS) is 21.5. The molecule has 2 aromatic carbocycles. The highest BCUT2D eigenvalue weighted by atomic mass is 16.7. The number of carbonyl (C=O) groups excluding carboxylic acids is 2. The zero-order chi connectivity index (χ0) is 29.6. The zero-order valence-corrected chi connectivity index (χ0v) is 24.9. The fourth-order valence-electron chi connectivity index (χ4n) is 6.05. The Morgan fingerprint density at radius 3 is 2.64 bits per heavy atom. The maximum Gasteiger partial charge on any atom is 0.319 e. The van der Waals surface area contributed by atoms with Gasteiger partial charge in [-0.3, -0.25) is 9.69 Å². The van der Waals surface area contributed by atoms with Gasteiger partial charge in [-0.25, -0.2) is 4.79 Å². The number of nitrogens with one attached hydrogen (secondary N) is 2. The summed E-state index contributed by atoms with van der Waals surface area (Å²) >= 11 is 0. The molecule has 10 nitrogen and oxygen atoms in total. The van der Waals surface area contributed by atoms with Gasteiger partial charge in [-0.05, 0) is 62.7 Å². The molecule has 2 aromatic rings. The third-order valence-corrected chi connectivity index (χ3v) is 8.50. The number of amides is 3. The van der Waals surface area contributed by atoms with Crippen molar-refractivity contribution in [2.45, 2.75) is 77.1 Å². The lowest BCUT2D eigenvalue weighted by Gasteiger charge is -2.34. The molecule has 3 amide bonds. The van der Waals surface area contributed by atoms with Crippen LogP contribution in [0.1, 0.15) is 57.1 Å². The van der Waals surface area contributed by atoms with Gasteiger partial charge in [0.15, 0.2) is 11.5 Å². The Morgan fingerprint density at radius 2 is 1.86 bits per heavy atom. The molecule has 228 valence electrons. The minimum Gasteiger partial charge on any atom is -0.488 e. The topological polar surface area (TPSA) is 113 Å². The van der Waals surface area contributed by atoms with Gasteiger partial charge in [0.1, 0.15) is 11.9 Å². The Morgan fingerprint density at radius 1 is 1.10 bits per heavy atom. The number of fused-ring (bicyclic) bond motifs is 2. The predicted molar refractivity (Wildman–Crippen MR) is 160 cm³/mol. The number of rotatable bonds is 8. The van der Waals surface area contributed by atoms with Crippen LogP contribution >= 0.6 is 0 Å². The fourth-order valence-corrected chi connectivity index (χ4v) is 6.05. The molecule has 3 atom stereocenters. The van der Waals surface area contributed by atoms with Crippen molar-refractivity contribution in [2.75, 3.05) is 38.9 Å². The summed E-state index contributed by atoms with van der Waals surface area (Å²) in [5, 5.41) is 16.0. The summed E-state index contributed by atoms with van der Waals surface area (Å²) in [6, 6.07) is 11.1. The molecule has 3 N–H and O–H groups in total. The number of likely N-dealkylation sites (N-methyl/N-ethyl adjacent to an activating group) is 1. The van der Waals surface area contributed by atoms with E-state index in [0.29, 0.717) is 36.6 Å². The van der Waals surface area contributed by atoms with Crippen LogP contribution in [0.5, 0.6) is 17.2 Å². The van der Waals surface area contributed by atoms with Crippen molar-refractivity contribution in [3.8, 4) is 17.2 Å². The third kappa shape index (κ3) is 7.46. The molecule has 1 aliphatic carbocycles. The molecule has 0 spiro atoms. The first-order valence-corrected chi connectivity index (χ1v) is 15.1. The van der Waals surface area contributed by atoms with Crippen molar-refractivity contribution in [2.24, 2.45) is 5.92 Å². The fraction of sp³-hybridized carbons (Fsp3) is 0.562. The molecule has 5 rings (SSSR count). The minimum absolute atomic E-state index is 0.00724. The SMILES string of the molecule is C[C@@H]1CN([C@@H](C)CO)C(=O)Cc2cc(NC(=O)NC3CCCCC3)ccc2O[C@H]1CN(C)Cc1ccc2c(c1)OCO2. The first-order chi connectivity index (χ1) is 20.3. The number of hydrogen-bond acceptors (Lipinski definition) is 7. The first-order valence-electron chi connectivity index (χ1n) is 15.1. The van der Waals surface area contributed by atoms with E-state index in [4.69, 9.17) is 14.2 Å². The summed E-state index contributed by atoms with van der Waals surface area (Å²) in [5.41, 5.74) is 2.43. The second kappa shape index (κ2) is 13.6. The third-order valence-electron chi connectivity index (χ3n) is 8.50. The van der Waals surface area contributed by atoms with Crippen molar-refractivity contribution in [3.63, 3.8) is 0 Å². The van der Waals surface area contributed by atoms with E-state index in [-0.39, 0.29) is 55.9 Å². The largest absolute Gasteiger partial charge is 0.488 e. The molecule has 2 aliphatic heterocycles. The van der Waals surface area contributed by atoms with Gasteiger partial charge in [-0.2, -0.15) is 0 Å². The van der Waals surface area contributed by atoms with Crippen molar-refractivity contribution in [1.29, 1.82) is 0 Å². The van der Waals surface area contributed by atoms with E-state index >= 15 is 0 Å².